The van der Waals surface area contributed by atoms with Gasteiger partial charge in [-0.2, -0.15) is 0 Å². The van der Waals surface area contributed by atoms with Crippen molar-refractivity contribution in [3.63, 3.8) is 0 Å². The van der Waals surface area contributed by atoms with Crippen LogP contribution in [0.1, 0.15) is 78.6 Å². The van der Waals surface area contributed by atoms with Gasteiger partial charge in [-0.1, -0.05) is 85.5 Å². The second-order valence-corrected chi connectivity index (χ2v) is 29.3. The molecule has 3 saturated carbocycles. The minimum Gasteiger partial charge on any atom is -0.123 e. The third-order valence-electron chi connectivity index (χ3n) is 9.41. The zero-order valence-corrected chi connectivity index (χ0v) is 21.5. The lowest BCUT2D eigenvalue weighted by Crippen LogP contribution is -2.61. The maximum Gasteiger partial charge on any atom is 0.0448 e. The number of hydrogen-bond acceptors (Lipinski definition) is 0. The van der Waals surface area contributed by atoms with Gasteiger partial charge in [0.05, 0.1) is 0 Å². The first-order valence-electron chi connectivity index (χ1n) is 11.6. The van der Waals surface area contributed by atoms with Gasteiger partial charge in [0.25, 0.3) is 0 Å². The van der Waals surface area contributed by atoms with Crippen LogP contribution in [0.15, 0.2) is 0 Å². The summed E-state index contributed by atoms with van der Waals surface area (Å²) >= 11 is 6.78. The zero-order valence-electron chi connectivity index (χ0n) is 18.7. The molecule has 0 aromatic rings. The fraction of sp³-hybridized carbons (Fsp3) is 1.00. The molecule has 152 valence electrons. The summed E-state index contributed by atoms with van der Waals surface area (Å²) in [5.74, 6) is 2.87. The van der Waals surface area contributed by atoms with Crippen LogP contribution in [-0.2, 0) is 0 Å². The van der Waals surface area contributed by atoms with Gasteiger partial charge < -0.3 is 0 Å². The minimum atomic E-state index is -1.21. The van der Waals surface area contributed by atoms with Gasteiger partial charge in [-0.15, -0.1) is 11.6 Å². The molecule has 0 aromatic carbocycles. The fourth-order valence-electron chi connectivity index (χ4n) is 7.41. The third kappa shape index (κ3) is 4.04. The second kappa shape index (κ2) is 7.52. The van der Waals surface area contributed by atoms with Crippen molar-refractivity contribution in [2.24, 2.45) is 23.2 Å². The highest BCUT2D eigenvalue weighted by Gasteiger charge is 2.56. The van der Waals surface area contributed by atoms with E-state index in [2.05, 4.69) is 47.0 Å². The Labute approximate surface area is 171 Å². The van der Waals surface area contributed by atoms with E-state index >= 15 is 0 Å². The van der Waals surface area contributed by atoms with Gasteiger partial charge in [-0.05, 0) is 53.5 Å². The maximum absolute atomic E-state index is 6.78. The number of rotatable bonds is 4. The molecule has 3 aliphatic rings. The summed E-state index contributed by atoms with van der Waals surface area (Å²) in [6, 6.07) is 0. The molecular formula is C23H45ClSi2. The van der Waals surface area contributed by atoms with Gasteiger partial charge in [-0.25, -0.2) is 0 Å². The van der Waals surface area contributed by atoms with Crippen molar-refractivity contribution in [2.75, 3.05) is 0 Å². The van der Waals surface area contributed by atoms with Gasteiger partial charge in [0.15, 0.2) is 0 Å². The van der Waals surface area contributed by atoms with Crippen molar-refractivity contribution >= 4 is 26.8 Å². The van der Waals surface area contributed by atoms with E-state index in [1.165, 1.54) is 44.9 Å². The van der Waals surface area contributed by atoms with Crippen molar-refractivity contribution in [3.05, 3.63) is 0 Å². The lowest BCUT2D eigenvalue weighted by Gasteiger charge is -2.50. The van der Waals surface area contributed by atoms with E-state index in [4.69, 9.17) is 11.6 Å². The largest absolute Gasteiger partial charge is 0.123 e. The molecule has 0 bridgehead atoms. The van der Waals surface area contributed by atoms with Gasteiger partial charge in [0.2, 0.25) is 0 Å². The summed E-state index contributed by atoms with van der Waals surface area (Å²) in [5, 5.41) is 0.496. The van der Waals surface area contributed by atoms with Crippen molar-refractivity contribution in [1.29, 1.82) is 0 Å². The smallest absolute Gasteiger partial charge is 0.0448 e. The average molecular weight is 413 g/mol. The van der Waals surface area contributed by atoms with E-state index in [-0.39, 0.29) is 0 Å². The van der Waals surface area contributed by atoms with E-state index in [1.54, 1.807) is 12.8 Å². The molecule has 0 aliphatic heterocycles. The van der Waals surface area contributed by atoms with Crippen LogP contribution in [0.5, 0.6) is 0 Å². The number of halogens is 1. The van der Waals surface area contributed by atoms with E-state index in [0.29, 0.717) is 10.8 Å². The molecule has 0 aromatic heterocycles. The van der Waals surface area contributed by atoms with Gasteiger partial charge >= 0.3 is 0 Å². The lowest BCUT2D eigenvalue weighted by molar-refractivity contribution is 0.281. The van der Waals surface area contributed by atoms with Crippen molar-refractivity contribution in [3.8, 4) is 0 Å². The predicted octanol–water partition coefficient (Wildman–Crippen LogP) is 8.28. The second-order valence-electron chi connectivity index (χ2n) is 12.5. The summed E-state index contributed by atoms with van der Waals surface area (Å²) in [4.78, 5) is 0. The Morgan fingerprint density at radius 1 is 0.808 bits per heavy atom. The van der Waals surface area contributed by atoms with Crippen LogP contribution in [-0.4, -0.2) is 20.6 Å². The fourth-order valence-corrected chi connectivity index (χ4v) is 22.0. The van der Waals surface area contributed by atoms with Crippen LogP contribution in [0, 0.1) is 23.2 Å². The molecule has 3 fully saturated rings. The third-order valence-corrected chi connectivity index (χ3v) is 30.7. The van der Waals surface area contributed by atoms with E-state index in [0.717, 1.165) is 28.8 Å². The molecule has 26 heavy (non-hydrogen) atoms. The Hall–Kier alpha value is 0.724. The molecule has 3 heteroatoms. The van der Waals surface area contributed by atoms with Crippen LogP contribution in [0.3, 0.4) is 0 Å². The van der Waals surface area contributed by atoms with Crippen molar-refractivity contribution < 1.29 is 0 Å². The summed E-state index contributed by atoms with van der Waals surface area (Å²) in [6.45, 7) is 18.6. The molecule has 3 rings (SSSR count). The molecule has 0 heterocycles. The number of hydrogen-bond donors (Lipinski definition) is 0. The molecule has 0 spiro atoms. The molecular weight excluding hydrogens is 368 g/mol. The average Bonchev–Trinajstić information content (AvgIpc) is 3.13. The Morgan fingerprint density at radius 3 is 2.15 bits per heavy atom. The van der Waals surface area contributed by atoms with E-state index in [1.807, 2.05) is 0 Å². The summed E-state index contributed by atoms with van der Waals surface area (Å²) < 4.78 is 0. The van der Waals surface area contributed by atoms with Gasteiger partial charge in [0, 0.05) is 20.6 Å². The van der Waals surface area contributed by atoms with Crippen molar-refractivity contribution in [2.45, 2.75) is 121 Å². The molecule has 3 aliphatic carbocycles. The SMILES string of the molecule is CC(C)(C)CC1CCC([Si](C)(C)[Si](C)(C)C2CCC3C(Cl)CCCC32)C1. The highest BCUT2D eigenvalue weighted by molar-refractivity contribution is 7.41. The normalized spacial score (nSPS) is 39.2. The summed E-state index contributed by atoms with van der Waals surface area (Å²) in [7, 11) is -2.39. The first-order chi connectivity index (χ1) is 11.9. The van der Waals surface area contributed by atoms with Gasteiger partial charge in [0.1, 0.15) is 0 Å². The molecule has 6 atom stereocenters. The monoisotopic (exact) mass is 412 g/mol. The molecule has 0 nitrogen and oxygen atoms in total. The van der Waals surface area contributed by atoms with Crippen LogP contribution in [0.4, 0.5) is 0 Å². The van der Waals surface area contributed by atoms with Crippen LogP contribution >= 0.6 is 11.6 Å². The van der Waals surface area contributed by atoms with Crippen LogP contribution < -0.4 is 0 Å². The highest BCUT2D eigenvalue weighted by Crippen LogP contribution is 2.58. The minimum absolute atomic E-state index is 0.496. The topological polar surface area (TPSA) is 0 Å². The maximum atomic E-state index is 6.78. The van der Waals surface area contributed by atoms with Gasteiger partial charge in [-0.3, -0.25) is 0 Å². The Kier molecular flexibility index (Phi) is 6.20. The zero-order chi connectivity index (χ0) is 19.3. The predicted molar refractivity (Wildman–Crippen MR) is 124 cm³/mol. The summed E-state index contributed by atoms with van der Waals surface area (Å²) in [5.41, 5.74) is 2.69. The molecule has 0 radical (unpaired) electrons. The first-order valence-corrected chi connectivity index (χ1v) is 19.2. The number of alkyl halides is 1. The van der Waals surface area contributed by atoms with E-state index in [9.17, 15) is 0 Å². The molecule has 0 N–H and O–H groups in total. The highest BCUT2D eigenvalue weighted by atomic mass is 35.5. The lowest BCUT2D eigenvalue weighted by atomic mass is 9.81. The quantitative estimate of drug-likeness (QED) is 0.321. The standard InChI is InChI=1S/C23H45ClSi2/c1-23(2,3)16-17-11-12-18(15-17)25(4,5)26(6,7)22-14-13-19-20(22)9-8-10-21(19)24/h17-22H,8-16H2,1-7H3. The summed E-state index contributed by atoms with van der Waals surface area (Å²) in [6.07, 6.45) is 13.2. The first kappa shape index (κ1) is 21.4. The Balaban J connectivity index is 1.72. The Bertz CT molecular complexity index is 493. The molecule has 0 saturated heterocycles. The Morgan fingerprint density at radius 2 is 1.50 bits per heavy atom. The van der Waals surface area contributed by atoms with E-state index < -0.39 is 15.2 Å². The van der Waals surface area contributed by atoms with Crippen LogP contribution in [0.25, 0.3) is 0 Å². The molecule has 6 unspecified atom stereocenters. The van der Waals surface area contributed by atoms with Crippen LogP contribution in [0.2, 0.25) is 37.3 Å². The molecule has 0 amide bonds. The van der Waals surface area contributed by atoms with Crippen molar-refractivity contribution in [1.82, 2.24) is 0 Å². The number of fused-ring (bicyclic) bond motifs is 1.